The molecule has 0 atom stereocenters. The summed E-state index contributed by atoms with van der Waals surface area (Å²) in [6.07, 6.45) is 3.59. The van der Waals surface area contributed by atoms with E-state index in [2.05, 4.69) is 12.1 Å². The Kier molecular flexibility index (Phi) is 4.76. The highest BCUT2D eigenvalue weighted by Gasteiger charge is 2.21. The molecule has 0 aliphatic carbocycles. The third kappa shape index (κ3) is 3.57. The fourth-order valence-corrected chi connectivity index (χ4v) is 2.47. The molecule has 3 heteroatoms. The van der Waals surface area contributed by atoms with E-state index in [-0.39, 0.29) is 5.91 Å². The predicted octanol–water partition coefficient (Wildman–Crippen LogP) is 1.82. The number of carbonyl (C=O) groups excluding carboxylic acids is 1. The lowest BCUT2D eigenvalue weighted by atomic mass is 9.97. The summed E-state index contributed by atoms with van der Waals surface area (Å²) >= 11 is 0. The van der Waals surface area contributed by atoms with Crippen molar-refractivity contribution in [2.45, 2.75) is 25.7 Å². The van der Waals surface area contributed by atoms with E-state index >= 15 is 0 Å². The van der Waals surface area contributed by atoms with Crippen LogP contribution in [0.25, 0.3) is 0 Å². The van der Waals surface area contributed by atoms with Gasteiger partial charge in [0.2, 0.25) is 5.91 Å². The molecule has 98 valence electrons. The van der Waals surface area contributed by atoms with Gasteiger partial charge in [0.15, 0.2) is 0 Å². The molecule has 2 rings (SSSR count). The van der Waals surface area contributed by atoms with Crippen molar-refractivity contribution in [3.63, 3.8) is 0 Å². The third-order valence-corrected chi connectivity index (χ3v) is 3.77. The van der Waals surface area contributed by atoms with Gasteiger partial charge in [-0.3, -0.25) is 4.79 Å². The number of hydrogen-bond donors (Lipinski definition) is 1. The molecule has 0 unspecified atom stereocenters. The van der Waals surface area contributed by atoms with Crippen LogP contribution in [-0.2, 0) is 11.2 Å². The highest BCUT2D eigenvalue weighted by atomic mass is 16.2. The van der Waals surface area contributed by atoms with Crippen LogP contribution < -0.4 is 5.73 Å². The van der Waals surface area contributed by atoms with E-state index < -0.39 is 0 Å². The quantitative estimate of drug-likeness (QED) is 0.881. The highest BCUT2D eigenvalue weighted by molar-refractivity contribution is 5.76. The van der Waals surface area contributed by atoms with Gasteiger partial charge in [-0.25, -0.2) is 0 Å². The van der Waals surface area contributed by atoms with E-state index in [9.17, 15) is 4.79 Å². The summed E-state index contributed by atoms with van der Waals surface area (Å²) < 4.78 is 0. The molecule has 0 aromatic heterocycles. The van der Waals surface area contributed by atoms with E-state index in [0.717, 1.165) is 38.9 Å². The van der Waals surface area contributed by atoms with Crippen molar-refractivity contribution in [1.29, 1.82) is 0 Å². The van der Waals surface area contributed by atoms with Crippen LogP contribution in [0.4, 0.5) is 0 Å². The Labute approximate surface area is 109 Å². The number of amides is 1. The second-order valence-corrected chi connectivity index (χ2v) is 5.05. The molecule has 1 aromatic rings. The van der Waals surface area contributed by atoms with Crippen molar-refractivity contribution < 1.29 is 4.79 Å². The number of carbonyl (C=O) groups is 1. The molecule has 3 nitrogen and oxygen atoms in total. The zero-order chi connectivity index (χ0) is 12.8. The van der Waals surface area contributed by atoms with Gasteiger partial charge in [-0.05, 0) is 37.3 Å². The Morgan fingerprint density at radius 2 is 1.89 bits per heavy atom. The lowest BCUT2D eigenvalue weighted by molar-refractivity contribution is -0.132. The highest BCUT2D eigenvalue weighted by Crippen LogP contribution is 2.17. The monoisotopic (exact) mass is 246 g/mol. The maximum absolute atomic E-state index is 12.1. The molecule has 0 saturated carbocycles. The van der Waals surface area contributed by atoms with E-state index in [1.54, 1.807) is 0 Å². The van der Waals surface area contributed by atoms with Crippen LogP contribution in [0.15, 0.2) is 30.3 Å². The fourth-order valence-electron chi connectivity index (χ4n) is 2.47. The first-order valence-electron chi connectivity index (χ1n) is 6.81. The maximum Gasteiger partial charge on any atom is 0.222 e. The molecule has 1 aromatic carbocycles. The summed E-state index contributed by atoms with van der Waals surface area (Å²) in [6, 6.07) is 10.2. The number of piperidine rings is 1. The Morgan fingerprint density at radius 1 is 1.22 bits per heavy atom. The number of aryl methyl sites for hydroxylation is 1. The van der Waals surface area contributed by atoms with Crippen LogP contribution in [0.1, 0.15) is 24.8 Å². The summed E-state index contributed by atoms with van der Waals surface area (Å²) in [5.41, 5.74) is 6.89. The molecular formula is C15H22N2O. The standard InChI is InChI=1S/C15H22N2O/c16-12-14-8-10-17(11-9-14)15(18)7-6-13-4-2-1-3-5-13/h1-5,14H,6-12,16H2. The van der Waals surface area contributed by atoms with Gasteiger partial charge in [-0.15, -0.1) is 0 Å². The molecule has 2 N–H and O–H groups in total. The van der Waals surface area contributed by atoms with Crippen molar-refractivity contribution in [3.8, 4) is 0 Å². The Morgan fingerprint density at radius 3 is 2.50 bits per heavy atom. The van der Waals surface area contributed by atoms with Gasteiger partial charge in [0.1, 0.15) is 0 Å². The fraction of sp³-hybridized carbons (Fsp3) is 0.533. The lowest BCUT2D eigenvalue weighted by Gasteiger charge is -2.31. The van der Waals surface area contributed by atoms with Crippen LogP contribution >= 0.6 is 0 Å². The van der Waals surface area contributed by atoms with Gasteiger partial charge in [0, 0.05) is 19.5 Å². The number of rotatable bonds is 4. The molecular weight excluding hydrogens is 224 g/mol. The first kappa shape index (κ1) is 13.1. The van der Waals surface area contributed by atoms with Crippen LogP contribution in [0.2, 0.25) is 0 Å². The number of benzene rings is 1. The largest absolute Gasteiger partial charge is 0.343 e. The zero-order valence-electron chi connectivity index (χ0n) is 10.8. The average molecular weight is 246 g/mol. The van der Waals surface area contributed by atoms with Gasteiger partial charge in [0.25, 0.3) is 0 Å². The summed E-state index contributed by atoms with van der Waals surface area (Å²) in [5, 5.41) is 0. The van der Waals surface area contributed by atoms with Gasteiger partial charge >= 0.3 is 0 Å². The molecule has 1 aliphatic heterocycles. The minimum atomic E-state index is 0.286. The Hall–Kier alpha value is -1.35. The summed E-state index contributed by atoms with van der Waals surface area (Å²) in [6.45, 7) is 2.52. The smallest absolute Gasteiger partial charge is 0.222 e. The van der Waals surface area contributed by atoms with Crippen molar-refractivity contribution in [2.75, 3.05) is 19.6 Å². The van der Waals surface area contributed by atoms with Crippen LogP contribution in [0.3, 0.4) is 0 Å². The minimum Gasteiger partial charge on any atom is -0.343 e. The third-order valence-electron chi connectivity index (χ3n) is 3.77. The molecule has 0 spiro atoms. The molecule has 1 heterocycles. The average Bonchev–Trinajstić information content (AvgIpc) is 2.46. The van der Waals surface area contributed by atoms with E-state index in [4.69, 9.17) is 5.73 Å². The zero-order valence-corrected chi connectivity index (χ0v) is 10.8. The Bertz CT molecular complexity index is 369. The summed E-state index contributed by atoms with van der Waals surface area (Å²) in [7, 11) is 0. The minimum absolute atomic E-state index is 0.286. The second-order valence-electron chi connectivity index (χ2n) is 5.05. The normalized spacial score (nSPS) is 16.8. The number of nitrogens with zero attached hydrogens (tertiary/aromatic N) is 1. The van der Waals surface area contributed by atoms with Gasteiger partial charge in [-0.2, -0.15) is 0 Å². The Balaban J connectivity index is 1.75. The van der Waals surface area contributed by atoms with Gasteiger partial charge < -0.3 is 10.6 Å². The first-order chi connectivity index (χ1) is 8.79. The topological polar surface area (TPSA) is 46.3 Å². The van der Waals surface area contributed by atoms with Crippen LogP contribution in [0.5, 0.6) is 0 Å². The summed E-state index contributed by atoms with van der Waals surface area (Å²) in [5.74, 6) is 0.900. The van der Waals surface area contributed by atoms with Gasteiger partial charge in [-0.1, -0.05) is 30.3 Å². The molecule has 0 radical (unpaired) electrons. The SMILES string of the molecule is NCC1CCN(C(=O)CCc2ccccc2)CC1. The molecule has 0 bridgehead atoms. The van der Waals surface area contributed by atoms with Crippen LogP contribution in [0, 0.1) is 5.92 Å². The van der Waals surface area contributed by atoms with E-state index in [1.807, 2.05) is 23.1 Å². The first-order valence-corrected chi connectivity index (χ1v) is 6.81. The predicted molar refractivity (Wildman–Crippen MR) is 73.1 cm³/mol. The number of hydrogen-bond acceptors (Lipinski definition) is 2. The van der Waals surface area contributed by atoms with Crippen molar-refractivity contribution >= 4 is 5.91 Å². The van der Waals surface area contributed by atoms with Gasteiger partial charge in [0.05, 0.1) is 0 Å². The number of likely N-dealkylation sites (tertiary alicyclic amines) is 1. The van der Waals surface area contributed by atoms with Crippen LogP contribution in [-0.4, -0.2) is 30.4 Å². The molecule has 1 fully saturated rings. The van der Waals surface area contributed by atoms with E-state index in [1.165, 1.54) is 5.56 Å². The molecule has 1 aliphatic rings. The lowest BCUT2D eigenvalue weighted by Crippen LogP contribution is -2.40. The molecule has 18 heavy (non-hydrogen) atoms. The second kappa shape index (κ2) is 6.55. The van der Waals surface area contributed by atoms with E-state index in [0.29, 0.717) is 12.3 Å². The van der Waals surface area contributed by atoms with Crippen molar-refractivity contribution in [1.82, 2.24) is 4.90 Å². The number of nitrogens with two attached hydrogens (primary N) is 1. The summed E-state index contributed by atoms with van der Waals surface area (Å²) in [4.78, 5) is 14.1. The maximum atomic E-state index is 12.1. The molecule has 1 saturated heterocycles. The van der Waals surface area contributed by atoms with Crippen molar-refractivity contribution in [2.24, 2.45) is 11.7 Å². The van der Waals surface area contributed by atoms with Crippen molar-refractivity contribution in [3.05, 3.63) is 35.9 Å². The molecule has 1 amide bonds.